The molecule has 0 aliphatic rings. The van der Waals surface area contributed by atoms with Crippen LogP contribution < -0.4 is 5.32 Å². The van der Waals surface area contributed by atoms with Crippen molar-refractivity contribution in [3.63, 3.8) is 0 Å². The van der Waals surface area contributed by atoms with Gasteiger partial charge in [-0.05, 0) is 17.0 Å². The number of nitrogens with one attached hydrogen (secondary N) is 1. The van der Waals surface area contributed by atoms with Crippen LogP contribution in [-0.2, 0) is 6.54 Å². The molecule has 0 saturated carbocycles. The number of aliphatic hydroxyl groups excluding tert-OH is 1. The molecule has 0 bridgehead atoms. The van der Waals surface area contributed by atoms with Crippen LogP contribution in [0.1, 0.15) is 5.56 Å². The maximum Gasteiger partial charge on any atom is 0.265 e. The number of aliphatic hydroxyl groups is 1. The lowest BCUT2D eigenvalue weighted by Gasteiger charge is -2.11. The molecule has 1 heterocycles. The normalized spacial score (nSPS) is 13.1. The first-order chi connectivity index (χ1) is 8.68. The minimum Gasteiger partial charge on any atom is -0.386 e. The Hall–Kier alpha value is -1.59. The van der Waals surface area contributed by atoms with Gasteiger partial charge in [0.2, 0.25) is 0 Å². The third kappa shape index (κ3) is 3.00. The largest absolute Gasteiger partial charge is 0.386 e. The predicted molar refractivity (Wildman–Crippen MR) is 65.5 cm³/mol. The van der Waals surface area contributed by atoms with Crippen molar-refractivity contribution in [3.8, 4) is 0 Å². The van der Waals surface area contributed by atoms with E-state index in [0.29, 0.717) is 6.54 Å². The number of hydrogen-bond donors (Lipinski definition) is 2. The van der Waals surface area contributed by atoms with Crippen LogP contribution in [0.3, 0.4) is 0 Å². The highest BCUT2D eigenvalue weighted by atomic mass is 19.3. The molecule has 18 heavy (non-hydrogen) atoms. The molecular formula is C13H14F2N2O. The molecule has 1 aromatic heterocycles. The quantitative estimate of drug-likeness (QED) is 0.855. The van der Waals surface area contributed by atoms with E-state index < -0.39 is 12.5 Å². The average molecular weight is 252 g/mol. The number of pyridine rings is 1. The lowest BCUT2D eigenvalue weighted by atomic mass is 10.1. The highest BCUT2D eigenvalue weighted by Gasteiger charge is 2.15. The van der Waals surface area contributed by atoms with Crippen LogP contribution in [0.4, 0.5) is 8.78 Å². The topological polar surface area (TPSA) is 45.1 Å². The summed E-state index contributed by atoms with van der Waals surface area (Å²) in [6.45, 7) is 0.310. The van der Waals surface area contributed by atoms with E-state index in [1.807, 2.05) is 24.3 Å². The number of rotatable bonds is 5. The van der Waals surface area contributed by atoms with E-state index in [2.05, 4.69) is 10.3 Å². The third-order valence-electron chi connectivity index (χ3n) is 2.73. The van der Waals surface area contributed by atoms with Crippen molar-refractivity contribution in [2.24, 2.45) is 0 Å². The van der Waals surface area contributed by atoms with Crippen LogP contribution >= 0.6 is 0 Å². The summed E-state index contributed by atoms with van der Waals surface area (Å²) >= 11 is 0. The molecule has 0 aliphatic carbocycles. The Balaban J connectivity index is 2.04. The van der Waals surface area contributed by atoms with Gasteiger partial charge < -0.3 is 10.4 Å². The van der Waals surface area contributed by atoms with Gasteiger partial charge in [-0.15, -0.1) is 0 Å². The lowest BCUT2D eigenvalue weighted by Crippen LogP contribution is -2.31. The Labute approximate surface area is 103 Å². The molecule has 96 valence electrons. The van der Waals surface area contributed by atoms with Crippen LogP contribution in [0.25, 0.3) is 10.8 Å². The van der Waals surface area contributed by atoms with Crippen LogP contribution in [0, 0.1) is 0 Å². The van der Waals surface area contributed by atoms with Crippen molar-refractivity contribution >= 4 is 10.8 Å². The van der Waals surface area contributed by atoms with Crippen LogP contribution in [0.5, 0.6) is 0 Å². The van der Waals surface area contributed by atoms with E-state index in [9.17, 15) is 8.78 Å². The number of benzene rings is 1. The van der Waals surface area contributed by atoms with Gasteiger partial charge in [-0.3, -0.25) is 4.98 Å². The summed E-state index contributed by atoms with van der Waals surface area (Å²) in [5.74, 6) is 0. The number of halogens is 2. The molecule has 0 spiro atoms. The lowest BCUT2D eigenvalue weighted by molar-refractivity contribution is -0.00339. The van der Waals surface area contributed by atoms with Gasteiger partial charge in [0.25, 0.3) is 6.43 Å². The zero-order valence-corrected chi connectivity index (χ0v) is 9.68. The molecule has 2 aromatic rings. The first-order valence-electron chi connectivity index (χ1n) is 5.67. The highest BCUT2D eigenvalue weighted by Crippen LogP contribution is 2.17. The molecule has 0 amide bonds. The van der Waals surface area contributed by atoms with Crippen molar-refractivity contribution in [2.75, 3.05) is 6.54 Å². The number of fused-ring (bicyclic) bond motifs is 1. The smallest absolute Gasteiger partial charge is 0.265 e. The van der Waals surface area contributed by atoms with Crippen molar-refractivity contribution in [3.05, 3.63) is 42.2 Å². The molecule has 1 atom stereocenters. The van der Waals surface area contributed by atoms with E-state index in [-0.39, 0.29) is 6.54 Å². The molecule has 0 saturated heterocycles. The molecule has 2 N–H and O–H groups in total. The molecule has 0 fully saturated rings. The maximum absolute atomic E-state index is 12.1. The monoisotopic (exact) mass is 252 g/mol. The zero-order chi connectivity index (χ0) is 13.0. The van der Waals surface area contributed by atoms with Gasteiger partial charge in [-0.1, -0.05) is 18.2 Å². The molecule has 0 radical (unpaired) electrons. The van der Waals surface area contributed by atoms with Gasteiger partial charge in [0.05, 0.1) is 0 Å². The van der Waals surface area contributed by atoms with E-state index in [0.717, 1.165) is 16.3 Å². The van der Waals surface area contributed by atoms with Crippen molar-refractivity contribution in [2.45, 2.75) is 19.1 Å². The van der Waals surface area contributed by atoms with Gasteiger partial charge in [-0.25, -0.2) is 8.78 Å². The fourth-order valence-electron chi connectivity index (χ4n) is 1.79. The molecule has 1 unspecified atom stereocenters. The molecule has 3 nitrogen and oxygen atoms in total. The Bertz CT molecular complexity index is 514. The summed E-state index contributed by atoms with van der Waals surface area (Å²) in [6, 6.07) is 7.64. The zero-order valence-electron chi connectivity index (χ0n) is 9.68. The Morgan fingerprint density at radius 2 is 2.11 bits per heavy atom. The van der Waals surface area contributed by atoms with Gasteiger partial charge in [0.1, 0.15) is 6.10 Å². The summed E-state index contributed by atoms with van der Waals surface area (Å²) in [5, 5.41) is 13.9. The van der Waals surface area contributed by atoms with Crippen molar-refractivity contribution in [1.82, 2.24) is 10.3 Å². The number of alkyl halides is 2. The van der Waals surface area contributed by atoms with E-state index in [4.69, 9.17) is 5.11 Å². The van der Waals surface area contributed by atoms with Crippen LogP contribution in [0.2, 0.25) is 0 Å². The summed E-state index contributed by atoms with van der Waals surface area (Å²) < 4.78 is 24.2. The van der Waals surface area contributed by atoms with E-state index in [1.54, 1.807) is 12.4 Å². The Morgan fingerprint density at radius 3 is 2.89 bits per heavy atom. The van der Waals surface area contributed by atoms with Gasteiger partial charge in [0, 0.05) is 30.9 Å². The summed E-state index contributed by atoms with van der Waals surface area (Å²) in [5.41, 5.74) is 0.997. The number of nitrogens with zero attached hydrogens (tertiary/aromatic N) is 1. The molecular weight excluding hydrogens is 238 g/mol. The molecule has 5 heteroatoms. The minimum atomic E-state index is -2.71. The summed E-state index contributed by atoms with van der Waals surface area (Å²) in [4.78, 5) is 4.03. The van der Waals surface area contributed by atoms with Crippen LogP contribution in [-0.4, -0.2) is 29.2 Å². The standard InChI is InChI=1S/C13H14F2N2O/c14-13(15)12(18)8-17-7-10-3-1-2-9-6-16-5-4-11(9)10/h1-6,12-13,17-18H,7-8H2. The molecule has 2 rings (SSSR count). The van der Waals surface area contributed by atoms with Gasteiger partial charge >= 0.3 is 0 Å². The second-order valence-corrected chi connectivity index (χ2v) is 4.05. The second kappa shape index (κ2) is 5.84. The summed E-state index contributed by atoms with van der Waals surface area (Å²) in [6.07, 6.45) is -0.886. The number of hydrogen-bond acceptors (Lipinski definition) is 3. The highest BCUT2D eigenvalue weighted by molar-refractivity contribution is 5.84. The van der Waals surface area contributed by atoms with E-state index >= 15 is 0 Å². The summed E-state index contributed by atoms with van der Waals surface area (Å²) in [7, 11) is 0. The van der Waals surface area contributed by atoms with Crippen molar-refractivity contribution < 1.29 is 13.9 Å². The first kappa shape index (κ1) is 12.9. The third-order valence-corrected chi connectivity index (χ3v) is 2.73. The second-order valence-electron chi connectivity index (χ2n) is 4.05. The Kier molecular flexibility index (Phi) is 4.17. The predicted octanol–water partition coefficient (Wildman–Crippen LogP) is 1.95. The fourth-order valence-corrected chi connectivity index (χ4v) is 1.79. The average Bonchev–Trinajstić information content (AvgIpc) is 2.38. The van der Waals surface area contributed by atoms with E-state index in [1.165, 1.54) is 0 Å². The van der Waals surface area contributed by atoms with Gasteiger partial charge in [0.15, 0.2) is 0 Å². The fraction of sp³-hybridized carbons (Fsp3) is 0.308. The number of aromatic nitrogens is 1. The van der Waals surface area contributed by atoms with Crippen LogP contribution in [0.15, 0.2) is 36.7 Å². The SMILES string of the molecule is OC(CNCc1cccc2cnccc12)C(F)F. The van der Waals surface area contributed by atoms with Gasteiger partial charge in [-0.2, -0.15) is 0 Å². The first-order valence-corrected chi connectivity index (χ1v) is 5.67. The minimum absolute atomic E-state index is 0.126. The van der Waals surface area contributed by atoms with Crippen molar-refractivity contribution in [1.29, 1.82) is 0 Å². The Morgan fingerprint density at radius 1 is 1.28 bits per heavy atom. The molecule has 0 aliphatic heterocycles. The molecule has 1 aromatic carbocycles. The maximum atomic E-state index is 12.1.